The standard InChI is InChI=1S/C24H34/c1-7-19-15-23(21(9-3)13-17(19)5)11-12-24-16-20(8-2)18(6)14-22(24)10-4/h13-16H,7-12H2,1-6H3. The van der Waals surface area contributed by atoms with Crippen LogP contribution in [0.5, 0.6) is 0 Å². The molecule has 0 atom stereocenters. The van der Waals surface area contributed by atoms with E-state index in [0.717, 1.165) is 38.5 Å². The highest BCUT2D eigenvalue weighted by Gasteiger charge is 2.09. The van der Waals surface area contributed by atoms with Crippen LogP contribution in [0, 0.1) is 13.8 Å². The first kappa shape index (κ1) is 18.8. The predicted octanol–water partition coefficient (Wildman–Crippen LogP) is 6.34. The molecule has 130 valence electrons. The van der Waals surface area contributed by atoms with Gasteiger partial charge in [-0.3, -0.25) is 0 Å². The molecule has 0 radical (unpaired) electrons. The second-order valence-corrected chi connectivity index (χ2v) is 7.01. The maximum Gasteiger partial charge on any atom is -0.0235 e. The largest absolute Gasteiger partial charge is 0.0613 e. The van der Waals surface area contributed by atoms with Crippen LogP contribution in [0.15, 0.2) is 24.3 Å². The molecule has 0 fully saturated rings. The summed E-state index contributed by atoms with van der Waals surface area (Å²) in [6.45, 7) is 13.6. The smallest absolute Gasteiger partial charge is 0.0235 e. The highest BCUT2D eigenvalue weighted by atomic mass is 14.1. The molecule has 2 aromatic rings. The van der Waals surface area contributed by atoms with Crippen molar-refractivity contribution in [1.82, 2.24) is 0 Å². The third-order valence-electron chi connectivity index (χ3n) is 5.50. The zero-order chi connectivity index (χ0) is 17.7. The molecular formula is C24H34. The Hall–Kier alpha value is -1.56. The first-order valence-electron chi connectivity index (χ1n) is 9.76. The monoisotopic (exact) mass is 322 g/mol. The van der Waals surface area contributed by atoms with Crippen molar-refractivity contribution in [2.75, 3.05) is 0 Å². The molecule has 0 bridgehead atoms. The van der Waals surface area contributed by atoms with Crippen LogP contribution in [0.4, 0.5) is 0 Å². The van der Waals surface area contributed by atoms with Crippen molar-refractivity contribution in [2.24, 2.45) is 0 Å². The van der Waals surface area contributed by atoms with E-state index in [1.165, 1.54) is 33.4 Å². The minimum absolute atomic E-state index is 1.13. The van der Waals surface area contributed by atoms with E-state index in [2.05, 4.69) is 65.8 Å². The van der Waals surface area contributed by atoms with Gasteiger partial charge in [-0.15, -0.1) is 0 Å². The van der Waals surface area contributed by atoms with E-state index in [4.69, 9.17) is 0 Å². The van der Waals surface area contributed by atoms with E-state index in [-0.39, 0.29) is 0 Å². The maximum absolute atomic E-state index is 2.47. The van der Waals surface area contributed by atoms with Crippen molar-refractivity contribution >= 4 is 0 Å². The summed E-state index contributed by atoms with van der Waals surface area (Å²) in [6.07, 6.45) is 6.86. The van der Waals surface area contributed by atoms with E-state index in [0.29, 0.717) is 0 Å². The maximum atomic E-state index is 2.47. The first-order valence-corrected chi connectivity index (χ1v) is 9.76. The van der Waals surface area contributed by atoms with E-state index in [9.17, 15) is 0 Å². The van der Waals surface area contributed by atoms with Gasteiger partial charge in [0.15, 0.2) is 0 Å². The lowest BCUT2D eigenvalue weighted by molar-refractivity contribution is 0.895. The lowest BCUT2D eigenvalue weighted by Gasteiger charge is -2.16. The molecular weight excluding hydrogens is 288 g/mol. The molecule has 2 rings (SSSR count). The molecule has 0 heteroatoms. The fraction of sp³-hybridized carbons (Fsp3) is 0.500. The number of aryl methyl sites for hydroxylation is 8. The second-order valence-electron chi connectivity index (χ2n) is 7.01. The molecule has 0 unspecified atom stereocenters. The highest BCUT2D eigenvalue weighted by Crippen LogP contribution is 2.23. The molecule has 0 nitrogen and oxygen atoms in total. The number of rotatable bonds is 7. The summed E-state index contributed by atoms with van der Waals surface area (Å²) in [7, 11) is 0. The summed E-state index contributed by atoms with van der Waals surface area (Å²) in [6, 6.07) is 9.77. The van der Waals surface area contributed by atoms with Gasteiger partial charge in [0, 0.05) is 0 Å². The zero-order valence-corrected chi connectivity index (χ0v) is 16.6. The van der Waals surface area contributed by atoms with Crippen molar-refractivity contribution in [2.45, 2.75) is 80.1 Å². The number of benzene rings is 2. The Kier molecular flexibility index (Phi) is 6.66. The van der Waals surface area contributed by atoms with Gasteiger partial charge in [0.25, 0.3) is 0 Å². The molecule has 0 aromatic heterocycles. The zero-order valence-electron chi connectivity index (χ0n) is 16.6. The average molecular weight is 323 g/mol. The van der Waals surface area contributed by atoms with Crippen LogP contribution in [0.2, 0.25) is 0 Å². The Bertz CT molecular complexity index is 630. The number of hydrogen-bond acceptors (Lipinski definition) is 0. The van der Waals surface area contributed by atoms with Crippen LogP contribution in [0.25, 0.3) is 0 Å². The average Bonchev–Trinajstić information content (AvgIpc) is 2.60. The van der Waals surface area contributed by atoms with Gasteiger partial charge in [-0.05, 0) is 96.9 Å². The van der Waals surface area contributed by atoms with Crippen molar-refractivity contribution in [1.29, 1.82) is 0 Å². The van der Waals surface area contributed by atoms with Gasteiger partial charge in [0.05, 0.1) is 0 Å². The lowest BCUT2D eigenvalue weighted by Crippen LogP contribution is -2.03. The third kappa shape index (κ3) is 4.09. The molecule has 0 amide bonds. The van der Waals surface area contributed by atoms with Gasteiger partial charge < -0.3 is 0 Å². The summed E-state index contributed by atoms with van der Waals surface area (Å²) < 4.78 is 0. The van der Waals surface area contributed by atoms with Crippen molar-refractivity contribution in [3.63, 3.8) is 0 Å². The molecule has 0 heterocycles. The van der Waals surface area contributed by atoms with Crippen LogP contribution in [-0.4, -0.2) is 0 Å². The predicted molar refractivity (Wildman–Crippen MR) is 107 cm³/mol. The van der Waals surface area contributed by atoms with Gasteiger partial charge in [-0.2, -0.15) is 0 Å². The van der Waals surface area contributed by atoms with E-state index in [1.54, 1.807) is 11.1 Å². The van der Waals surface area contributed by atoms with Crippen LogP contribution < -0.4 is 0 Å². The van der Waals surface area contributed by atoms with E-state index in [1.807, 2.05) is 0 Å². The lowest BCUT2D eigenvalue weighted by atomic mass is 9.89. The molecule has 0 aliphatic rings. The SMILES string of the molecule is CCc1cc(CCc2cc(CC)c(C)cc2CC)c(CC)cc1C. The van der Waals surface area contributed by atoms with Gasteiger partial charge in [0.2, 0.25) is 0 Å². The van der Waals surface area contributed by atoms with Crippen LogP contribution in [-0.2, 0) is 38.5 Å². The second kappa shape index (κ2) is 8.51. The Morgan fingerprint density at radius 3 is 1.08 bits per heavy atom. The van der Waals surface area contributed by atoms with Crippen LogP contribution in [0.1, 0.15) is 72.2 Å². The van der Waals surface area contributed by atoms with Crippen LogP contribution in [0.3, 0.4) is 0 Å². The summed E-state index contributed by atoms with van der Waals surface area (Å²) in [5, 5.41) is 0. The third-order valence-corrected chi connectivity index (χ3v) is 5.50. The summed E-state index contributed by atoms with van der Waals surface area (Å²) >= 11 is 0. The summed E-state index contributed by atoms with van der Waals surface area (Å²) in [5.41, 5.74) is 12.1. The van der Waals surface area contributed by atoms with Crippen molar-refractivity contribution < 1.29 is 0 Å². The number of hydrogen-bond donors (Lipinski definition) is 0. The molecule has 2 aromatic carbocycles. The van der Waals surface area contributed by atoms with Crippen LogP contribution >= 0.6 is 0 Å². The van der Waals surface area contributed by atoms with E-state index >= 15 is 0 Å². The van der Waals surface area contributed by atoms with Crippen molar-refractivity contribution in [3.05, 3.63) is 68.8 Å². The Morgan fingerprint density at radius 2 is 0.792 bits per heavy atom. The fourth-order valence-electron chi connectivity index (χ4n) is 3.88. The molecule has 24 heavy (non-hydrogen) atoms. The van der Waals surface area contributed by atoms with Gasteiger partial charge >= 0.3 is 0 Å². The molecule has 0 aliphatic carbocycles. The molecule has 0 saturated carbocycles. The Balaban J connectivity index is 2.30. The summed E-state index contributed by atoms with van der Waals surface area (Å²) in [5.74, 6) is 0. The van der Waals surface area contributed by atoms with Gasteiger partial charge in [-0.25, -0.2) is 0 Å². The van der Waals surface area contributed by atoms with E-state index < -0.39 is 0 Å². The first-order chi connectivity index (χ1) is 11.5. The highest BCUT2D eigenvalue weighted by molar-refractivity contribution is 5.41. The quantitative estimate of drug-likeness (QED) is 0.558. The fourth-order valence-corrected chi connectivity index (χ4v) is 3.88. The van der Waals surface area contributed by atoms with Gasteiger partial charge in [-0.1, -0.05) is 52.0 Å². The minimum atomic E-state index is 1.13. The molecule has 0 spiro atoms. The minimum Gasteiger partial charge on any atom is -0.0613 e. The Morgan fingerprint density at radius 1 is 0.458 bits per heavy atom. The van der Waals surface area contributed by atoms with Crippen molar-refractivity contribution in [3.8, 4) is 0 Å². The summed E-state index contributed by atoms with van der Waals surface area (Å²) in [4.78, 5) is 0. The molecule has 0 N–H and O–H groups in total. The van der Waals surface area contributed by atoms with Gasteiger partial charge in [0.1, 0.15) is 0 Å². The normalized spacial score (nSPS) is 11.1. The Labute approximate surface area is 149 Å². The molecule has 0 aliphatic heterocycles. The molecule has 0 saturated heterocycles. The topological polar surface area (TPSA) is 0 Å².